The molecular weight excluding hydrogens is 290 g/mol. The first-order valence-corrected chi connectivity index (χ1v) is 7.73. The number of tetrazole rings is 1. The van der Waals surface area contributed by atoms with Gasteiger partial charge < -0.3 is 10.4 Å². The van der Waals surface area contributed by atoms with Gasteiger partial charge in [0.1, 0.15) is 0 Å². The van der Waals surface area contributed by atoms with Crippen LogP contribution in [0.25, 0.3) is 11.4 Å². The molecule has 0 aliphatic heterocycles. The lowest BCUT2D eigenvalue weighted by Gasteiger charge is -2.21. The van der Waals surface area contributed by atoms with E-state index in [0.717, 1.165) is 5.56 Å². The van der Waals surface area contributed by atoms with Crippen LogP contribution in [0.5, 0.6) is 0 Å². The summed E-state index contributed by atoms with van der Waals surface area (Å²) in [5.41, 5.74) is 1.33. The summed E-state index contributed by atoms with van der Waals surface area (Å²) in [6, 6.07) is 6.83. The van der Waals surface area contributed by atoms with Crippen molar-refractivity contribution in [3.8, 4) is 11.4 Å². The van der Waals surface area contributed by atoms with Crippen molar-refractivity contribution < 1.29 is 9.90 Å². The van der Waals surface area contributed by atoms with Crippen molar-refractivity contribution in [3.63, 3.8) is 0 Å². The topological polar surface area (TPSA) is 104 Å². The van der Waals surface area contributed by atoms with E-state index in [9.17, 15) is 9.90 Å². The zero-order chi connectivity index (χ0) is 15.2. The fourth-order valence-electron chi connectivity index (χ4n) is 1.87. The first-order chi connectivity index (χ1) is 10.2. The lowest BCUT2D eigenvalue weighted by molar-refractivity contribution is 0.0936. The SMILES string of the molecule is CSC(CO)C(C)NC(=O)c1ccc(-c2nn[nH]n2)cc1. The van der Waals surface area contributed by atoms with Crippen molar-refractivity contribution >= 4 is 17.7 Å². The Kier molecular flexibility index (Phi) is 5.29. The lowest BCUT2D eigenvalue weighted by atomic mass is 10.1. The summed E-state index contributed by atoms with van der Waals surface area (Å²) in [6.45, 7) is 1.91. The maximum Gasteiger partial charge on any atom is 0.251 e. The van der Waals surface area contributed by atoms with Gasteiger partial charge in [0.15, 0.2) is 0 Å². The molecule has 0 bridgehead atoms. The zero-order valence-electron chi connectivity index (χ0n) is 11.8. The molecule has 0 saturated heterocycles. The highest BCUT2D eigenvalue weighted by Gasteiger charge is 2.18. The summed E-state index contributed by atoms with van der Waals surface area (Å²) in [5.74, 6) is 0.313. The number of carbonyl (C=O) groups excluding carboxylic acids is 1. The maximum absolute atomic E-state index is 12.1. The largest absolute Gasteiger partial charge is 0.395 e. The molecule has 1 aromatic carbocycles. The number of aliphatic hydroxyl groups excluding tert-OH is 1. The van der Waals surface area contributed by atoms with Gasteiger partial charge in [-0.25, -0.2) is 0 Å². The maximum atomic E-state index is 12.1. The van der Waals surface area contributed by atoms with Gasteiger partial charge in [0.2, 0.25) is 5.82 Å². The van der Waals surface area contributed by atoms with E-state index >= 15 is 0 Å². The average molecular weight is 307 g/mol. The van der Waals surface area contributed by atoms with Gasteiger partial charge in [-0.05, 0) is 30.5 Å². The second-order valence-electron chi connectivity index (χ2n) is 4.53. The van der Waals surface area contributed by atoms with Gasteiger partial charge >= 0.3 is 0 Å². The summed E-state index contributed by atoms with van der Waals surface area (Å²) >= 11 is 1.52. The van der Waals surface area contributed by atoms with Crippen molar-refractivity contribution in [3.05, 3.63) is 29.8 Å². The molecule has 3 N–H and O–H groups in total. The van der Waals surface area contributed by atoms with Crippen molar-refractivity contribution in [2.75, 3.05) is 12.9 Å². The lowest BCUT2D eigenvalue weighted by Crippen LogP contribution is -2.41. The summed E-state index contributed by atoms with van der Waals surface area (Å²) in [6.07, 6.45) is 1.91. The molecule has 1 aromatic heterocycles. The molecule has 112 valence electrons. The number of aromatic amines is 1. The van der Waals surface area contributed by atoms with Crippen molar-refractivity contribution in [2.45, 2.75) is 18.2 Å². The molecule has 8 heteroatoms. The fraction of sp³-hybridized carbons (Fsp3) is 0.385. The van der Waals surface area contributed by atoms with E-state index in [0.29, 0.717) is 11.4 Å². The molecular formula is C13H17N5O2S. The monoisotopic (exact) mass is 307 g/mol. The highest BCUT2D eigenvalue weighted by molar-refractivity contribution is 7.99. The van der Waals surface area contributed by atoms with E-state index in [2.05, 4.69) is 25.9 Å². The van der Waals surface area contributed by atoms with Gasteiger partial charge in [-0.3, -0.25) is 4.79 Å². The van der Waals surface area contributed by atoms with Crippen LogP contribution in [0, 0.1) is 0 Å². The van der Waals surface area contributed by atoms with Gasteiger partial charge in [0, 0.05) is 22.4 Å². The molecule has 2 atom stereocenters. The summed E-state index contributed by atoms with van der Waals surface area (Å²) in [4.78, 5) is 12.1. The Balaban J connectivity index is 2.03. The summed E-state index contributed by atoms with van der Waals surface area (Å²) in [7, 11) is 0. The van der Waals surface area contributed by atoms with Crippen molar-refractivity contribution in [1.29, 1.82) is 0 Å². The molecule has 1 heterocycles. The molecule has 0 spiro atoms. The van der Waals surface area contributed by atoms with E-state index in [4.69, 9.17) is 0 Å². The Labute approximate surface area is 126 Å². The molecule has 2 rings (SSSR count). The number of hydrogen-bond acceptors (Lipinski definition) is 6. The molecule has 21 heavy (non-hydrogen) atoms. The first-order valence-electron chi connectivity index (χ1n) is 6.44. The minimum absolute atomic E-state index is 0.0208. The zero-order valence-corrected chi connectivity index (χ0v) is 12.6. The van der Waals surface area contributed by atoms with Crippen LogP contribution in [0.1, 0.15) is 17.3 Å². The van der Waals surface area contributed by atoms with Gasteiger partial charge in [0.05, 0.1) is 6.61 Å². The summed E-state index contributed by atoms with van der Waals surface area (Å²) < 4.78 is 0. The molecule has 1 amide bonds. The predicted molar refractivity (Wildman–Crippen MR) is 80.9 cm³/mol. The Hall–Kier alpha value is -1.93. The van der Waals surface area contributed by atoms with Gasteiger partial charge in [-0.2, -0.15) is 17.0 Å². The Bertz CT molecular complexity index is 569. The number of thioether (sulfide) groups is 1. The van der Waals surface area contributed by atoms with Crippen LogP contribution >= 0.6 is 11.8 Å². The van der Waals surface area contributed by atoms with E-state index in [1.165, 1.54) is 11.8 Å². The van der Waals surface area contributed by atoms with Gasteiger partial charge in [0.25, 0.3) is 5.91 Å². The minimum Gasteiger partial charge on any atom is -0.395 e. The number of carbonyl (C=O) groups is 1. The molecule has 0 radical (unpaired) electrons. The number of amides is 1. The normalized spacial score (nSPS) is 13.7. The third-order valence-electron chi connectivity index (χ3n) is 3.15. The minimum atomic E-state index is -0.172. The molecule has 2 aromatic rings. The van der Waals surface area contributed by atoms with Crippen molar-refractivity contribution in [1.82, 2.24) is 25.9 Å². The van der Waals surface area contributed by atoms with Crippen LogP contribution in [0.15, 0.2) is 24.3 Å². The number of rotatable bonds is 6. The number of H-pyrrole nitrogens is 1. The number of nitrogens with zero attached hydrogens (tertiary/aromatic N) is 3. The average Bonchev–Trinajstić information content (AvgIpc) is 3.03. The highest BCUT2D eigenvalue weighted by Crippen LogP contribution is 2.15. The molecule has 2 unspecified atom stereocenters. The quantitative estimate of drug-likeness (QED) is 0.726. The van der Waals surface area contributed by atoms with Crippen molar-refractivity contribution in [2.24, 2.45) is 0 Å². The molecule has 0 aliphatic rings. The van der Waals surface area contributed by atoms with Gasteiger partial charge in [-0.1, -0.05) is 12.1 Å². The third-order valence-corrected chi connectivity index (χ3v) is 4.31. The highest BCUT2D eigenvalue weighted by atomic mass is 32.2. The molecule has 0 saturated carbocycles. The number of benzene rings is 1. The van der Waals surface area contributed by atoms with Crippen LogP contribution in [-0.4, -0.2) is 55.8 Å². The summed E-state index contributed by atoms with van der Waals surface area (Å²) in [5, 5.41) is 25.7. The van der Waals surface area contributed by atoms with Crippen LogP contribution in [0.2, 0.25) is 0 Å². The van der Waals surface area contributed by atoms with Gasteiger partial charge in [-0.15, -0.1) is 10.2 Å². The molecule has 0 aliphatic carbocycles. The molecule has 7 nitrogen and oxygen atoms in total. The standard InChI is InChI=1S/C13H17N5O2S/c1-8(11(7-19)21-2)14-13(20)10-5-3-9(4-6-10)12-15-17-18-16-12/h3-6,8,11,19H,7H2,1-2H3,(H,14,20)(H,15,16,17,18). The third kappa shape index (κ3) is 3.79. The number of aliphatic hydroxyl groups is 1. The molecule has 0 fully saturated rings. The Morgan fingerprint density at radius 3 is 2.67 bits per heavy atom. The number of aromatic nitrogens is 4. The van der Waals surface area contributed by atoms with Crippen LogP contribution < -0.4 is 5.32 Å². The smallest absolute Gasteiger partial charge is 0.251 e. The predicted octanol–water partition coefficient (Wildman–Crippen LogP) is 0.709. The van der Waals surface area contributed by atoms with E-state index < -0.39 is 0 Å². The fourth-order valence-corrected chi connectivity index (χ4v) is 2.50. The van der Waals surface area contributed by atoms with E-state index in [1.54, 1.807) is 24.3 Å². The number of nitrogens with one attached hydrogen (secondary N) is 2. The first kappa shape index (κ1) is 15.5. The van der Waals surface area contributed by atoms with Crippen LogP contribution in [0.3, 0.4) is 0 Å². The number of hydrogen-bond donors (Lipinski definition) is 3. The van der Waals surface area contributed by atoms with E-state index in [1.807, 2.05) is 13.2 Å². The Morgan fingerprint density at radius 1 is 1.43 bits per heavy atom. The van der Waals surface area contributed by atoms with E-state index in [-0.39, 0.29) is 23.8 Å². The van der Waals surface area contributed by atoms with Crippen LogP contribution in [0.4, 0.5) is 0 Å². The Morgan fingerprint density at radius 2 is 2.14 bits per heavy atom. The second kappa shape index (κ2) is 7.19. The van der Waals surface area contributed by atoms with Crippen LogP contribution in [-0.2, 0) is 0 Å². The second-order valence-corrected chi connectivity index (χ2v) is 5.61.